The number of carbonyl (C=O) groups excluding carboxylic acids is 1. The molecule has 0 fully saturated rings. The van der Waals surface area contributed by atoms with Crippen LogP contribution in [0.25, 0.3) is 10.9 Å². The SMILES string of the molecule is NCCCCCC(=O)c1ccc2ncccc2c1. The van der Waals surface area contributed by atoms with Crippen molar-refractivity contribution in [3.8, 4) is 0 Å². The van der Waals surface area contributed by atoms with Gasteiger partial charge in [-0.1, -0.05) is 12.5 Å². The fourth-order valence-electron chi connectivity index (χ4n) is 2.00. The zero-order valence-corrected chi connectivity index (χ0v) is 10.4. The maximum Gasteiger partial charge on any atom is 0.162 e. The van der Waals surface area contributed by atoms with Crippen LogP contribution >= 0.6 is 0 Å². The van der Waals surface area contributed by atoms with Crippen molar-refractivity contribution in [2.24, 2.45) is 5.73 Å². The standard InChI is InChI=1S/C15H18N2O/c16-9-3-1-2-6-15(18)13-7-8-14-12(11-13)5-4-10-17-14/h4-5,7-8,10-11H,1-3,6,9,16H2. The summed E-state index contributed by atoms with van der Waals surface area (Å²) >= 11 is 0. The van der Waals surface area contributed by atoms with E-state index < -0.39 is 0 Å². The Balaban J connectivity index is 2.04. The molecule has 0 atom stereocenters. The summed E-state index contributed by atoms with van der Waals surface area (Å²) in [5.74, 6) is 0.206. The van der Waals surface area contributed by atoms with Gasteiger partial charge in [0, 0.05) is 23.6 Å². The Bertz CT molecular complexity index is 537. The molecule has 2 aromatic rings. The molecule has 0 spiro atoms. The Kier molecular flexibility index (Phi) is 4.42. The van der Waals surface area contributed by atoms with Crippen LogP contribution in [0.1, 0.15) is 36.0 Å². The molecule has 0 radical (unpaired) electrons. The van der Waals surface area contributed by atoms with E-state index in [1.165, 1.54) is 0 Å². The summed E-state index contributed by atoms with van der Waals surface area (Å²) in [7, 11) is 0. The third kappa shape index (κ3) is 3.14. The highest BCUT2D eigenvalue weighted by molar-refractivity contribution is 5.99. The lowest BCUT2D eigenvalue weighted by Crippen LogP contribution is -2.01. The van der Waals surface area contributed by atoms with E-state index in [4.69, 9.17) is 5.73 Å². The fraction of sp³-hybridized carbons (Fsp3) is 0.333. The second kappa shape index (κ2) is 6.26. The lowest BCUT2D eigenvalue weighted by molar-refractivity contribution is 0.0979. The van der Waals surface area contributed by atoms with Gasteiger partial charge in [-0.3, -0.25) is 9.78 Å². The molecule has 0 aliphatic rings. The second-order valence-electron chi connectivity index (χ2n) is 4.43. The maximum atomic E-state index is 12.0. The zero-order chi connectivity index (χ0) is 12.8. The molecule has 3 heteroatoms. The largest absolute Gasteiger partial charge is 0.330 e. The summed E-state index contributed by atoms with van der Waals surface area (Å²) in [6.45, 7) is 0.704. The number of Topliss-reactive ketones (excluding diaryl/α,β-unsaturated/α-hetero) is 1. The topological polar surface area (TPSA) is 56.0 Å². The highest BCUT2D eigenvalue weighted by Crippen LogP contribution is 2.15. The Hall–Kier alpha value is -1.74. The predicted molar refractivity (Wildman–Crippen MR) is 73.6 cm³/mol. The molecule has 1 heterocycles. The molecule has 0 saturated carbocycles. The average Bonchev–Trinajstić information content (AvgIpc) is 2.43. The first-order valence-corrected chi connectivity index (χ1v) is 6.39. The van der Waals surface area contributed by atoms with Crippen LogP contribution in [-0.4, -0.2) is 17.3 Å². The summed E-state index contributed by atoms with van der Waals surface area (Å²) in [4.78, 5) is 16.2. The monoisotopic (exact) mass is 242 g/mol. The van der Waals surface area contributed by atoms with Gasteiger partial charge < -0.3 is 5.73 Å². The van der Waals surface area contributed by atoms with Gasteiger partial charge in [0.05, 0.1) is 5.52 Å². The van der Waals surface area contributed by atoms with Gasteiger partial charge in [-0.05, 0) is 43.7 Å². The van der Waals surface area contributed by atoms with Crippen molar-refractivity contribution < 1.29 is 4.79 Å². The van der Waals surface area contributed by atoms with E-state index in [1.54, 1.807) is 6.20 Å². The number of hydrogen-bond acceptors (Lipinski definition) is 3. The van der Waals surface area contributed by atoms with Crippen LogP contribution in [0, 0.1) is 0 Å². The lowest BCUT2D eigenvalue weighted by atomic mass is 10.0. The van der Waals surface area contributed by atoms with Crippen LogP contribution < -0.4 is 5.73 Å². The highest BCUT2D eigenvalue weighted by atomic mass is 16.1. The van der Waals surface area contributed by atoms with E-state index in [2.05, 4.69) is 4.98 Å². The number of aromatic nitrogens is 1. The molecule has 0 saturated heterocycles. The number of rotatable bonds is 6. The Morgan fingerprint density at radius 1 is 1.17 bits per heavy atom. The van der Waals surface area contributed by atoms with E-state index in [0.29, 0.717) is 13.0 Å². The number of ketones is 1. The van der Waals surface area contributed by atoms with Crippen molar-refractivity contribution in [2.75, 3.05) is 6.54 Å². The first-order chi connectivity index (χ1) is 8.81. The van der Waals surface area contributed by atoms with E-state index in [1.807, 2.05) is 30.3 Å². The van der Waals surface area contributed by atoms with Crippen molar-refractivity contribution in [1.82, 2.24) is 4.98 Å². The smallest absolute Gasteiger partial charge is 0.162 e. The summed E-state index contributed by atoms with van der Waals surface area (Å²) in [6.07, 6.45) is 5.30. The number of nitrogens with two attached hydrogens (primary N) is 1. The minimum absolute atomic E-state index is 0.206. The van der Waals surface area contributed by atoms with Crippen LogP contribution in [0.2, 0.25) is 0 Å². The van der Waals surface area contributed by atoms with Crippen LogP contribution in [-0.2, 0) is 0 Å². The number of hydrogen-bond donors (Lipinski definition) is 1. The van der Waals surface area contributed by atoms with Crippen molar-refractivity contribution in [2.45, 2.75) is 25.7 Å². The summed E-state index contributed by atoms with van der Waals surface area (Å²) in [5, 5.41) is 1.02. The fourth-order valence-corrected chi connectivity index (χ4v) is 2.00. The van der Waals surface area contributed by atoms with Crippen LogP contribution in [0.4, 0.5) is 0 Å². The number of pyridine rings is 1. The normalized spacial score (nSPS) is 10.7. The first kappa shape index (κ1) is 12.7. The Labute approximate surface area is 107 Å². The molecular formula is C15H18N2O. The molecule has 0 aliphatic carbocycles. The molecular weight excluding hydrogens is 224 g/mol. The van der Waals surface area contributed by atoms with E-state index in [0.717, 1.165) is 35.7 Å². The molecule has 1 aromatic carbocycles. The molecule has 3 nitrogen and oxygen atoms in total. The predicted octanol–water partition coefficient (Wildman–Crippen LogP) is 2.94. The average molecular weight is 242 g/mol. The molecule has 2 rings (SSSR count). The van der Waals surface area contributed by atoms with Crippen LogP contribution in [0.5, 0.6) is 0 Å². The van der Waals surface area contributed by atoms with Crippen LogP contribution in [0.15, 0.2) is 36.5 Å². The molecule has 18 heavy (non-hydrogen) atoms. The minimum atomic E-state index is 0.206. The van der Waals surface area contributed by atoms with Crippen molar-refractivity contribution in [3.63, 3.8) is 0 Å². The zero-order valence-electron chi connectivity index (χ0n) is 10.4. The quantitative estimate of drug-likeness (QED) is 0.626. The van der Waals surface area contributed by atoms with Gasteiger partial charge in [0.1, 0.15) is 0 Å². The molecule has 1 aromatic heterocycles. The molecule has 94 valence electrons. The number of benzene rings is 1. The molecule has 2 N–H and O–H groups in total. The van der Waals surface area contributed by atoms with Gasteiger partial charge in [0.15, 0.2) is 5.78 Å². The molecule has 0 bridgehead atoms. The van der Waals surface area contributed by atoms with E-state index in [9.17, 15) is 4.79 Å². The molecule has 0 aliphatic heterocycles. The third-order valence-corrected chi connectivity index (χ3v) is 3.03. The van der Waals surface area contributed by atoms with Gasteiger partial charge in [-0.25, -0.2) is 0 Å². The number of nitrogens with zero attached hydrogens (tertiary/aromatic N) is 1. The third-order valence-electron chi connectivity index (χ3n) is 3.03. The van der Waals surface area contributed by atoms with Crippen LogP contribution in [0.3, 0.4) is 0 Å². The molecule has 0 unspecified atom stereocenters. The number of carbonyl (C=O) groups is 1. The summed E-state index contributed by atoms with van der Waals surface area (Å²) in [5.41, 5.74) is 7.14. The second-order valence-corrected chi connectivity index (χ2v) is 4.43. The van der Waals surface area contributed by atoms with Gasteiger partial charge in [0.25, 0.3) is 0 Å². The highest BCUT2D eigenvalue weighted by Gasteiger charge is 2.06. The summed E-state index contributed by atoms with van der Waals surface area (Å²) < 4.78 is 0. The maximum absolute atomic E-state index is 12.0. The van der Waals surface area contributed by atoms with Crippen molar-refractivity contribution in [1.29, 1.82) is 0 Å². The minimum Gasteiger partial charge on any atom is -0.330 e. The molecule has 0 amide bonds. The number of unbranched alkanes of at least 4 members (excludes halogenated alkanes) is 2. The van der Waals surface area contributed by atoms with Gasteiger partial charge >= 0.3 is 0 Å². The van der Waals surface area contributed by atoms with E-state index in [-0.39, 0.29) is 5.78 Å². The van der Waals surface area contributed by atoms with Gasteiger partial charge in [-0.15, -0.1) is 0 Å². The van der Waals surface area contributed by atoms with Gasteiger partial charge in [-0.2, -0.15) is 0 Å². The van der Waals surface area contributed by atoms with Crippen molar-refractivity contribution in [3.05, 3.63) is 42.1 Å². The lowest BCUT2D eigenvalue weighted by Gasteiger charge is -2.03. The van der Waals surface area contributed by atoms with E-state index >= 15 is 0 Å². The van der Waals surface area contributed by atoms with Crippen molar-refractivity contribution >= 4 is 16.7 Å². The Morgan fingerprint density at radius 3 is 2.89 bits per heavy atom. The van der Waals surface area contributed by atoms with Gasteiger partial charge in [0.2, 0.25) is 0 Å². The first-order valence-electron chi connectivity index (χ1n) is 6.39. The Morgan fingerprint density at radius 2 is 2.06 bits per heavy atom. The number of fused-ring (bicyclic) bond motifs is 1. The summed E-state index contributed by atoms with van der Waals surface area (Å²) in [6, 6.07) is 9.56.